The third-order valence-corrected chi connectivity index (χ3v) is 6.68. The summed E-state index contributed by atoms with van der Waals surface area (Å²) in [5.41, 5.74) is -1.13. The molecule has 1 saturated carbocycles. The maximum absolute atomic E-state index is 13.2. The minimum Gasteiger partial charge on any atom is -0.444 e. The highest BCUT2D eigenvalue weighted by Gasteiger charge is 2.48. The zero-order valence-corrected chi connectivity index (χ0v) is 19.7. The lowest BCUT2D eigenvalue weighted by Crippen LogP contribution is -2.50. The fraction of sp³-hybridized carbons (Fsp3) is 0.857. The molecule has 3 rings (SSSR count). The van der Waals surface area contributed by atoms with Crippen LogP contribution in [0.3, 0.4) is 0 Å². The average molecular weight is 442 g/mol. The molecule has 0 aromatic heterocycles. The summed E-state index contributed by atoms with van der Waals surface area (Å²) in [6.07, 6.45) is 1.04. The van der Waals surface area contributed by atoms with Crippen molar-refractivity contribution in [3.05, 3.63) is 0 Å². The molecule has 0 bridgehead atoms. The molecule has 8 nitrogen and oxygen atoms in total. The number of nitrogens with one attached hydrogen (secondary N) is 1. The van der Waals surface area contributed by atoms with Gasteiger partial charge in [-0.3, -0.25) is 9.69 Å². The fourth-order valence-corrected chi connectivity index (χ4v) is 5.58. The van der Waals surface area contributed by atoms with Crippen molar-refractivity contribution in [1.29, 1.82) is 0 Å². The van der Waals surface area contributed by atoms with Gasteiger partial charge in [0.05, 0.1) is 5.88 Å². The maximum Gasteiger partial charge on any atom is 0.411 e. The molecule has 4 atom stereocenters. The number of nitrogens with zero attached hydrogens (tertiary/aromatic N) is 2. The van der Waals surface area contributed by atoms with Crippen molar-refractivity contribution in [2.24, 2.45) is 11.8 Å². The molecule has 9 heteroatoms. The van der Waals surface area contributed by atoms with Crippen LogP contribution in [-0.4, -0.2) is 75.9 Å². The SMILES string of the molecule is CC(C)(C)OC(=O)NC1CCC2CN(C(=O)[C@H]3CSCN3C(=O)OC(C)(C)C)CC21. The minimum absolute atomic E-state index is 0.0163. The van der Waals surface area contributed by atoms with Crippen molar-refractivity contribution in [3.63, 3.8) is 0 Å². The van der Waals surface area contributed by atoms with Crippen molar-refractivity contribution >= 4 is 29.9 Å². The molecule has 3 fully saturated rings. The number of amides is 3. The standard InChI is InChI=1S/C21H35N3O5S/c1-20(2,3)28-18(26)22-15-8-7-13-9-23(10-14(13)15)17(25)16-11-30-12-24(16)19(27)29-21(4,5)6/h13-16H,7-12H2,1-6H3,(H,22,26)/t13?,14?,15?,16-/m1/s1. The second-order valence-corrected chi connectivity index (χ2v) is 11.5. The number of fused-ring (bicyclic) bond motifs is 1. The van der Waals surface area contributed by atoms with Gasteiger partial charge >= 0.3 is 12.2 Å². The first-order chi connectivity index (χ1) is 13.8. The summed E-state index contributed by atoms with van der Waals surface area (Å²) in [5, 5.41) is 3.00. The molecule has 2 saturated heterocycles. The summed E-state index contributed by atoms with van der Waals surface area (Å²) >= 11 is 1.57. The van der Waals surface area contributed by atoms with Crippen molar-refractivity contribution in [3.8, 4) is 0 Å². The van der Waals surface area contributed by atoms with Gasteiger partial charge in [0.25, 0.3) is 0 Å². The summed E-state index contributed by atoms with van der Waals surface area (Å²) in [6, 6.07) is -0.469. The Hall–Kier alpha value is -1.64. The lowest BCUT2D eigenvalue weighted by molar-refractivity contribution is -0.134. The fourth-order valence-electron chi connectivity index (χ4n) is 4.44. The lowest BCUT2D eigenvalue weighted by Gasteiger charge is -2.30. The first-order valence-electron chi connectivity index (χ1n) is 10.7. The Bertz CT molecular complexity index is 687. The van der Waals surface area contributed by atoms with Gasteiger partial charge in [-0.15, -0.1) is 11.8 Å². The van der Waals surface area contributed by atoms with Gasteiger partial charge in [0.1, 0.15) is 17.2 Å². The van der Waals surface area contributed by atoms with Crippen molar-refractivity contribution in [2.45, 2.75) is 77.7 Å². The van der Waals surface area contributed by atoms with E-state index in [-0.39, 0.29) is 17.9 Å². The van der Waals surface area contributed by atoms with Crippen molar-refractivity contribution in [1.82, 2.24) is 15.1 Å². The molecule has 170 valence electrons. The molecule has 3 amide bonds. The van der Waals surface area contributed by atoms with Crippen LogP contribution in [0.4, 0.5) is 9.59 Å². The van der Waals surface area contributed by atoms with Crippen molar-refractivity contribution in [2.75, 3.05) is 24.7 Å². The topological polar surface area (TPSA) is 88.2 Å². The Morgan fingerprint density at radius 3 is 2.27 bits per heavy atom. The van der Waals surface area contributed by atoms with Crippen LogP contribution in [-0.2, 0) is 14.3 Å². The predicted octanol–water partition coefficient (Wildman–Crippen LogP) is 3.06. The van der Waals surface area contributed by atoms with Crippen LogP contribution in [0.1, 0.15) is 54.4 Å². The molecule has 0 spiro atoms. The smallest absolute Gasteiger partial charge is 0.411 e. The molecule has 0 aromatic rings. The zero-order valence-electron chi connectivity index (χ0n) is 18.9. The van der Waals surface area contributed by atoms with Crippen molar-refractivity contribution < 1.29 is 23.9 Å². The van der Waals surface area contributed by atoms with Crippen LogP contribution in [0, 0.1) is 11.8 Å². The zero-order chi connectivity index (χ0) is 22.3. The third-order valence-electron chi connectivity index (χ3n) is 5.67. The van der Waals surface area contributed by atoms with Gasteiger partial charge in [0, 0.05) is 30.8 Å². The van der Waals surface area contributed by atoms with Gasteiger partial charge in [0.2, 0.25) is 5.91 Å². The summed E-state index contributed by atoms with van der Waals surface area (Å²) in [7, 11) is 0. The highest BCUT2D eigenvalue weighted by Crippen LogP contribution is 2.39. The van der Waals surface area contributed by atoms with Gasteiger partial charge in [0.15, 0.2) is 0 Å². The number of rotatable bonds is 2. The Labute approximate surface area is 183 Å². The normalized spacial score (nSPS) is 29.0. The van der Waals surface area contributed by atoms with Crippen LogP contribution in [0.15, 0.2) is 0 Å². The van der Waals surface area contributed by atoms with E-state index in [4.69, 9.17) is 9.47 Å². The summed E-state index contributed by atoms with van der Waals surface area (Å²) in [4.78, 5) is 41.4. The molecule has 2 aliphatic heterocycles. The lowest BCUT2D eigenvalue weighted by atomic mass is 9.98. The maximum atomic E-state index is 13.2. The Morgan fingerprint density at radius 1 is 0.967 bits per heavy atom. The second-order valence-electron chi connectivity index (χ2n) is 10.5. The van der Waals surface area contributed by atoms with E-state index in [0.29, 0.717) is 30.6 Å². The number of carbonyl (C=O) groups is 3. The highest BCUT2D eigenvalue weighted by molar-refractivity contribution is 7.99. The number of thioether (sulfide) groups is 1. The van der Waals surface area contributed by atoms with E-state index in [1.807, 2.05) is 46.4 Å². The number of hydrogen-bond acceptors (Lipinski definition) is 6. The summed E-state index contributed by atoms with van der Waals surface area (Å²) in [6.45, 7) is 12.3. The van der Waals surface area contributed by atoms with Gasteiger partial charge in [-0.2, -0.15) is 0 Å². The van der Waals surface area contributed by atoms with E-state index in [2.05, 4.69) is 5.32 Å². The summed E-state index contributed by atoms with van der Waals surface area (Å²) < 4.78 is 10.9. The molecule has 1 N–H and O–H groups in total. The average Bonchev–Trinajstić information content (AvgIpc) is 3.27. The van der Waals surface area contributed by atoms with Crippen LogP contribution >= 0.6 is 11.8 Å². The van der Waals surface area contributed by atoms with Gasteiger partial charge < -0.3 is 19.7 Å². The summed E-state index contributed by atoms with van der Waals surface area (Å²) in [5.74, 6) is 1.64. The Kier molecular flexibility index (Phi) is 6.51. The Balaban J connectivity index is 1.58. The first-order valence-corrected chi connectivity index (χ1v) is 11.9. The number of carbonyl (C=O) groups excluding carboxylic acids is 3. The van der Waals surface area contributed by atoms with Crippen LogP contribution < -0.4 is 5.32 Å². The van der Waals surface area contributed by atoms with E-state index in [1.165, 1.54) is 0 Å². The molecule has 3 aliphatic rings. The molecule has 0 radical (unpaired) electrons. The van der Waals surface area contributed by atoms with E-state index >= 15 is 0 Å². The van der Waals surface area contributed by atoms with E-state index < -0.39 is 29.4 Å². The predicted molar refractivity (Wildman–Crippen MR) is 115 cm³/mol. The quantitative estimate of drug-likeness (QED) is 0.709. The minimum atomic E-state index is -0.594. The molecular formula is C21H35N3O5S. The number of hydrogen-bond donors (Lipinski definition) is 1. The largest absolute Gasteiger partial charge is 0.444 e. The Morgan fingerprint density at radius 2 is 1.63 bits per heavy atom. The second kappa shape index (κ2) is 8.48. The number of alkyl carbamates (subject to hydrolysis) is 1. The van der Waals surface area contributed by atoms with Gasteiger partial charge in [-0.1, -0.05) is 0 Å². The van der Waals surface area contributed by atoms with Gasteiger partial charge in [-0.05, 0) is 60.3 Å². The monoisotopic (exact) mass is 441 g/mol. The number of ether oxygens (including phenoxy) is 2. The first kappa shape index (κ1) is 23.0. The van der Waals surface area contributed by atoms with Crippen LogP contribution in [0.5, 0.6) is 0 Å². The molecule has 30 heavy (non-hydrogen) atoms. The molecule has 2 heterocycles. The van der Waals surface area contributed by atoms with E-state index in [0.717, 1.165) is 12.8 Å². The third kappa shape index (κ3) is 5.53. The molecular weight excluding hydrogens is 406 g/mol. The van der Waals surface area contributed by atoms with Gasteiger partial charge in [-0.25, -0.2) is 9.59 Å². The number of likely N-dealkylation sites (tertiary alicyclic amines) is 1. The van der Waals surface area contributed by atoms with E-state index in [1.54, 1.807) is 16.7 Å². The molecule has 1 aliphatic carbocycles. The van der Waals surface area contributed by atoms with Crippen LogP contribution in [0.25, 0.3) is 0 Å². The van der Waals surface area contributed by atoms with Crippen LogP contribution in [0.2, 0.25) is 0 Å². The molecule has 3 unspecified atom stereocenters. The highest BCUT2D eigenvalue weighted by atomic mass is 32.2. The van der Waals surface area contributed by atoms with E-state index in [9.17, 15) is 14.4 Å². The molecule has 0 aromatic carbocycles.